The second-order valence-electron chi connectivity index (χ2n) is 4.66. The van der Waals surface area contributed by atoms with Crippen LogP contribution in [0.15, 0.2) is 24.3 Å². The lowest BCUT2D eigenvalue weighted by Crippen LogP contribution is -2.06. The Morgan fingerprint density at radius 3 is 2.81 bits per heavy atom. The van der Waals surface area contributed by atoms with Crippen LogP contribution in [-0.4, -0.2) is 12.1 Å². The molecule has 0 amide bonds. The Balaban J connectivity index is 2.31. The monoisotopic (exact) mass is 301 g/mol. The van der Waals surface area contributed by atoms with Gasteiger partial charge in [-0.2, -0.15) is 5.26 Å². The molecule has 5 heteroatoms. The molecule has 0 spiro atoms. The summed E-state index contributed by atoms with van der Waals surface area (Å²) >= 11 is 6.21. The Hall–Kier alpha value is -2.25. The highest BCUT2D eigenvalue weighted by Crippen LogP contribution is 2.28. The topological polar surface area (TPSA) is 57.9 Å². The molecule has 1 N–H and O–H groups in total. The van der Waals surface area contributed by atoms with Gasteiger partial charge >= 0.3 is 0 Å². The molecule has 2 aromatic rings. The average Bonchev–Trinajstić information content (AvgIpc) is 2.45. The molecule has 0 aliphatic rings. The number of rotatable bonds is 4. The first kappa shape index (κ1) is 15.1. The Bertz CT molecular complexity index is 707. The minimum absolute atomic E-state index is 0.473. The number of nitrogens with zero attached hydrogens (tertiary/aromatic N) is 2. The summed E-state index contributed by atoms with van der Waals surface area (Å²) in [6.45, 7) is 4.20. The van der Waals surface area contributed by atoms with Crippen molar-refractivity contribution in [3.05, 3.63) is 51.8 Å². The summed E-state index contributed by atoms with van der Waals surface area (Å²) in [6.07, 6.45) is 0. The van der Waals surface area contributed by atoms with Crippen molar-refractivity contribution < 1.29 is 4.74 Å². The Labute approximate surface area is 129 Å². The number of pyridine rings is 1. The van der Waals surface area contributed by atoms with E-state index in [1.807, 2.05) is 38.1 Å². The van der Waals surface area contributed by atoms with Gasteiger partial charge in [-0.3, -0.25) is 4.98 Å². The van der Waals surface area contributed by atoms with Crippen LogP contribution in [0.25, 0.3) is 0 Å². The minimum Gasteiger partial charge on any atom is -0.496 e. The largest absolute Gasteiger partial charge is 0.496 e. The molecular formula is C16H16ClN3O. The van der Waals surface area contributed by atoms with E-state index in [9.17, 15) is 5.26 Å². The van der Waals surface area contributed by atoms with Crippen LogP contribution in [0, 0.1) is 25.2 Å². The van der Waals surface area contributed by atoms with Crippen LogP contribution in [0.4, 0.5) is 5.69 Å². The molecule has 4 nitrogen and oxygen atoms in total. The molecule has 2 rings (SSSR count). The van der Waals surface area contributed by atoms with Crippen molar-refractivity contribution in [1.82, 2.24) is 4.98 Å². The number of nitriles is 1. The molecule has 21 heavy (non-hydrogen) atoms. The first-order valence-corrected chi connectivity index (χ1v) is 6.88. The van der Waals surface area contributed by atoms with Crippen LogP contribution in [0.3, 0.4) is 0 Å². The molecule has 0 aliphatic carbocycles. The number of methoxy groups -OCH3 is 1. The molecule has 1 heterocycles. The number of hydrogen-bond acceptors (Lipinski definition) is 4. The van der Waals surface area contributed by atoms with Crippen molar-refractivity contribution in [2.45, 2.75) is 20.4 Å². The molecule has 0 atom stereocenters. The van der Waals surface area contributed by atoms with E-state index in [-0.39, 0.29) is 0 Å². The average molecular weight is 302 g/mol. The number of nitrogens with one attached hydrogen (secondary N) is 1. The van der Waals surface area contributed by atoms with Crippen LogP contribution in [0.5, 0.6) is 5.75 Å². The maximum absolute atomic E-state index is 9.26. The number of aryl methyl sites for hydroxylation is 2. The summed E-state index contributed by atoms with van der Waals surface area (Å²) in [5, 5.41) is 13.1. The van der Waals surface area contributed by atoms with Crippen molar-refractivity contribution >= 4 is 17.3 Å². The quantitative estimate of drug-likeness (QED) is 0.932. The zero-order valence-corrected chi connectivity index (χ0v) is 13.0. The van der Waals surface area contributed by atoms with E-state index >= 15 is 0 Å². The van der Waals surface area contributed by atoms with E-state index < -0.39 is 0 Å². The van der Waals surface area contributed by atoms with E-state index in [0.29, 0.717) is 22.8 Å². The van der Waals surface area contributed by atoms with Crippen molar-refractivity contribution in [1.29, 1.82) is 5.26 Å². The van der Waals surface area contributed by atoms with Crippen molar-refractivity contribution in [2.24, 2.45) is 0 Å². The summed E-state index contributed by atoms with van der Waals surface area (Å²) < 4.78 is 5.32. The predicted octanol–water partition coefficient (Wildman–Crippen LogP) is 3.84. The maximum atomic E-state index is 9.26. The van der Waals surface area contributed by atoms with Crippen molar-refractivity contribution in [3.8, 4) is 11.8 Å². The number of aromatic nitrogens is 1. The number of ether oxygens (including phenoxy) is 1. The van der Waals surface area contributed by atoms with Gasteiger partial charge in [-0.15, -0.1) is 0 Å². The fraction of sp³-hybridized carbons (Fsp3) is 0.250. The molecule has 1 aromatic carbocycles. The third kappa shape index (κ3) is 3.26. The highest BCUT2D eigenvalue weighted by molar-refractivity contribution is 6.31. The molecule has 0 saturated heterocycles. The second kappa shape index (κ2) is 6.47. The number of anilines is 1. The Morgan fingerprint density at radius 1 is 1.38 bits per heavy atom. The molecule has 0 saturated carbocycles. The summed E-state index contributed by atoms with van der Waals surface area (Å²) in [5.74, 6) is 0.719. The zero-order valence-electron chi connectivity index (χ0n) is 12.2. The van der Waals surface area contributed by atoms with Gasteiger partial charge < -0.3 is 10.1 Å². The lowest BCUT2D eigenvalue weighted by atomic mass is 10.1. The van der Waals surface area contributed by atoms with Crippen LogP contribution < -0.4 is 10.1 Å². The van der Waals surface area contributed by atoms with Gasteiger partial charge in [-0.25, -0.2) is 0 Å². The SMILES string of the molecule is COc1cccc(Cl)c1CNc1cc(C)nc(C)c1C#N. The van der Waals surface area contributed by atoms with Gasteiger partial charge in [0.15, 0.2) is 0 Å². The van der Waals surface area contributed by atoms with Crippen molar-refractivity contribution in [3.63, 3.8) is 0 Å². The highest BCUT2D eigenvalue weighted by atomic mass is 35.5. The van der Waals surface area contributed by atoms with E-state index in [1.165, 1.54) is 0 Å². The molecule has 1 aromatic heterocycles. The van der Waals surface area contributed by atoms with Crippen LogP contribution in [0.1, 0.15) is 22.5 Å². The molecule has 0 fully saturated rings. The molecule has 0 unspecified atom stereocenters. The minimum atomic E-state index is 0.473. The third-order valence-electron chi connectivity index (χ3n) is 3.19. The predicted molar refractivity (Wildman–Crippen MR) is 83.8 cm³/mol. The summed E-state index contributed by atoms with van der Waals surface area (Å²) in [7, 11) is 1.61. The van der Waals surface area contributed by atoms with Gasteiger partial charge in [0, 0.05) is 22.8 Å². The lowest BCUT2D eigenvalue weighted by molar-refractivity contribution is 0.410. The molecule has 0 radical (unpaired) electrons. The lowest BCUT2D eigenvalue weighted by Gasteiger charge is -2.14. The first-order valence-electron chi connectivity index (χ1n) is 6.50. The van der Waals surface area contributed by atoms with Gasteiger partial charge in [0.25, 0.3) is 0 Å². The number of benzene rings is 1. The number of halogens is 1. The van der Waals surface area contributed by atoms with E-state index in [4.69, 9.17) is 16.3 Å². The smallest absolute Gasteiger partial charge is 0.125 e. The fourth-order valence-electron chi connectivity index (χ4n) is 2.19. The van der Waals surface area contributed by atoms with E-state index in [2.05, 4.69) is 16.4 Å². The third-order valence-corrected chi connectivity index (χ3v) is 3.55. The van der Waals surface area contributed by atoms with Gasteiger partial charge in [-0.1, -0.05) is 17.7 Å². The van der Waals surface area contributed by atoms with Crippen LogP contribution in [0.2, 0.25) is 5.02 Å². The summed E-state index contributed by atoms with van der Waals surface area (Å²) in [6, 6.07) is 9.55. The standard InChI is InChI=1S/C16H16ClN3O/c1-10-7-15(12(8-18)11(2)20-10)19-9-13-14(17)5-4-6-16(13)21-3/h4-7H,9H2,1-3H3,(H,19,20). The van der Waals surface area contributed by atoms with Gasteiger partial charge in [-0.05, 0) is 32.0 Å². The molecule has 0 aliphatic heterocycles. The molecular weight excluding hydrogens is 286 g/mol. The molecule has 0 bridgehead atoms. The second-order valence-corrected chi connectivity index (χ2v) is 5.06. The van der Waals surface area contributed by atoms with Crippen LogP contribution in [-0.2, 0) is 6.54 Å². The van der Waals surface area contributed by atoms with Gasteiger partial charge in [0.1, 0.15) is 11.8 Å². The normalized spacial score (nSPS) is 10.0. The van der Waals surface area contributed by atoms with Gasteiger partial charge in [0.2, 0.25) is 0 Å². The zero-order chi connectivity index (χ0) is 15.4. The molecule has 108 valence electrons. The first-order chi connectivity index (χ1) is 10.1. The Morgan fingerprint density at radius 2 is 2.14 bits per heavy atom. The van der Waals surface area contributed by atoms with Gasteiger partial charge in [0.05, 0.1) is 24.1 Å². The summed E-state index contributed by atoms with van der Waals surface area (Å²) in [4.78, 5) is 4.30. The van der Waals surface area contributed by atoms with E-state index in [0.717, 1.165) is 22.7 Å². The Kier molecular flexibility index (Phi) is 4.66. The highest BCUT2D eigenvalue weighted by Gasteiger charge is 2.11. The van der Waals surface area contributed by atoms with Crippen molar-refractivity contribution in [2.75, 3.05) is 12.4 Å². The van der Waals surface area contributed by atoms with Crippen LogP contribution >= 0.6 is 11.6 Å². The number of hydrogen-bond donors (Lipinski definition) is 1. The summed E-state index contributed by atoms with van der Waals surface area (Å²) in [5.41, 5.74) is 3.74. The maximum Gasteiger partial charge on any atom is 0.125 e. The fourth-order valence-corrected chi connectivity index (χ4v) is 2.43. The van der Waals surface area contributed by atoms with E-state index in [1.54, 1.807) is 7.11 Å².